The van der Waals surface area contributed by atoms with E-state index in [1.54, 1.807) is 6.07 Å². The van der Waals surface area contributed by atoms with E-state index in [2.05, 4.69) is 21.7 Å². The third-order valence-corrected chi connectivity index (χ3v) is 6.50. The molecule has 0 N–H and O–H groups in total. The maximum absolute atomic E-state index is 11.6. The van der Waals surface area contributed by atoms with Crippen molar-refractivity contribution in [1.29, 1.82) is 0 Å². The summed E-state index contributed by atoms with van der Waals surface area (Å²) in [5.74, 6) is 0.316. The first-order chi connectivity index (χ1) is 14.5. The van der Waals surface area contributed by atoms with E-state index in [-0.39, 0.29) is 10.6 Å². The molecule has 30 heavy (non-hydrogen) atoms. The molecule has 2 aromatic rings. The molecule has 2 saturated heterocycles. The standard InChI is InChI=1S/C22H31N5O3/c1-23-10-12-25(13-11-23)18-5-8-26(9-6-18)20-15-22(30-3)21(27(28)29)14-19(20)17-4-7-24(2)16-17/h4,7,14-16,18H,5-6,8-13H2,1-3H3. The van der Waals surface area contributed by atoms with E-state index in [0.717, 1.165) is 68.9 Å². The second-order valence-electron chi connectivity index (χ2n) is 8.42. The molecule has 2 fully saturated rings. The third kappa shape index (κ3) is 4.15. The second-order valence-corrected chi connectivity index (χ2v) is 8.42. The predicted octanol–water partition coefficient (Wildman–Crippen LogP) is 2.83. The van der Waals surface area contributed by atoms with Gasteiger partial charge in [0.2, 0.25) is 0 Å². The van der Waals surface area contributed by atoms with Crippen LogP contribution in [0, 0.1) is 10.1 Å². The fourth-order valence-corrected chi connectivity index (χ4v) is 4.68. The molecule has 1 aromatic carbocycles. The molecular formula is C22H31N5O3. The molecule has 1 aromatic heterocycles. The number of nitro benzene ring substituents is 1. The molecule has 4 rings (SSSR count). The number of ether oxygens (including phenoxy) is 1. The summed E-state index contributed by atoms with van der Waals surface area (Å²) in [5.41, 5.74) is 2.90. The lowest BCUT2D eigenvalue weighted by Crippen LogP contribution is -2.52. The molecule has 0 unspecified atom stereocenters. The van der Waals surface area contributed by atoms with Crippen LogP contribution in [-0.4, -0.2) is 78.8 Å². The van der Waals surface area contributed by atoms with E-state index in [1.807, 2.05) is 36.1 Å². The molecule has 0 atom stereocenters. The van der Waals surface area contributed by atoms with Crippen molar-refractivity contribution in [2.75, 3.05) is 58.3 Å². The molecule has 0 bridgehead atoms. The first-order valence-electron chi connectivity index (χ1n) is 10.6. The fourth-order valence-electron chi connectivity index (χ4n) is 4.68. The van der Waals surface area contributed by atoms with Crippen molar-refractivity contribution >= 4 is 11.4 Å². The number of anilines is 1. The summed E-state index contributed by atoms with van der Waals surface area (Å²) < 4.78 is 7.34. The molecule has 0 amide bonds. The number of aryl methyl sites for hydroxylation is 1. The Labute approximate surface area is 177 Å². The highest BCUT2D eigenvalue weighted by atomic mass is 16.6. The van der Waals surface area contributed by atoms with Crippen molar-refractivity contribution in [3.05, 3.63) is 40.7 Å². The van der Waals surface area contributed by atoms with E-state index in [0.29, 0.717) is 11.8 Å². The Hall–Kier alpha value is -2.58. The van der Waals surface area contributed by atoms with Crippen LogP contribution < -0.4 is 9.64 Å². The summed E-state index contributed by atoms with van der Waals surface area (Å²) in [6.45, 7) is 6.44. The maximum Gasteiger partial charge on any atom is 0.311 e. The molecule has 2 aliphatic rings. The summed E-state index contributed by atoms with van der Waals surface area (Å²) in [7, 11) is 5.64. The number of piperazine rings is 1. The molecular weight excluding hydrogens is 382 g/mol. The number of hydrogen-bond acceptors (Lipinski definition) is 6. The Balaban J connectivity index is 1.59. The SMILES string of the molecule is COc1cc(N2CCC(N3CCN(C)CC3)CC2)c(-c2ccn(C)c2)cc1[N+](=O)[O-]. The minimum absolute atomic E-state index is 0.00688. The van der Waals surface area contributed by atoms with Gasteiger partial charge in [-0.3, -0.25) is 15.0 Å². The topological polar surface area (TPSA) is 67.0 Å². The lowest BCUT2D eigenvalue weighted by molar-refractivity contribution is -0.385. The van der Waals surface area contributed by atoms with E-state index < -0.39 is 0 Å². The second kappa shape index (κ2) is 8.65. The number of rotatable bonds is 5. The zero-order valence-electron chi connectivity index (χ0n) is 18.1. The third-order valence-electron chi connectivity index (χ3n) is 6.50. The number of aromatic nitrogens is 1. The van der Waals surface area contributed by atoms with Crippen LogP contribution >= 0.6 is 0 Å². The maximum atomic E-state index is 11.6. The highest BCUT2D eigenvalue weighted by Gasteiger charge is 2.29. The quantitative estimate of drug-likeness (QED) is 0.555. The first kappa shape index (κ1) is 20.7. The zero-order chi connectivity index (χ0) is 21.3. The first-order valence-corrected chi connectivity index (χ1v) is 10.6. The Bertz CT molecular complexity index is 896. The average Bonchev–Trinajstić information content (AvgIpc) is 3.19. The number of nitrogens with zero attached hydrogens (tertiary/aromatic N) is 5. The number of methoxy groups -OCH3 is 1. The van der Waals surface area contributed by atoms with Crippen molar-refractivity contribution in [1.82, 2.24) is 14.4 Å². The Morgan fingerprint density at radius 1 is 1.07 bits per heavy atom. The molecule has 8 heteroatoms. The van der Waals surface area contributed by atoms with E-state index in [1.165, 1.54) is 7.11 Å². The highest BCUT2D eigenvalue weighted by Crippen LogP contribution is 2.41. The largest absolute Gasteiger partial charge is 0.490 e. The Morgan fingerprint density at radius 3 is 2.33 bits per heavy atom. The van der Waals surface area contributed by atoms with Gasteiger partial charge in [-0.25, -0.2) is 0 Å². The molecule has 0 spiro atoms. The van der Waals surface area contributed by atoms with Crippen LogP contribution in [0.1, 0.15) is 12.8 Å². The monoisotopic (exact) mass is 413 g/mol. The molecule has 0 saturated carbocycles. The summed E-state index contributed by atoms with van der Waals surface area (Å²) >= 11 is 0. The van der Waals surface area contributed by atoms with Gasteiger partial charge >= 0.3 is 5.69 Å². The van der Waals surface area contributed by atoms with Gasteiger partial charge in [-0.2, -0.15) is 0 Å². The molecule has 8 nitrogen and oxygen atoms in total. The van der Waals surface area contributed by atoms with Crippen LogP contribution in [0.15, 0.2) is 30.6 Å². The zero-order valence-corrected chi connectivity index (χ0v) is 18.1. The average molecular weight is 414 g/mol. The normalized spacial score (nSPS) is 19.2. The van der Waals surface area contributed by atoms with Crippen LogP contribution in [0.4, 0.5) is 11.4 Å². The smallest absolute Gasteiger partial charge is 0.311 e. The molecule has 0 aliphatic carbocycles. The summed E-state index contributed by atoms with van der Waals surface area (Å²) in [5, 5.41) is 11.6. The summed E-state index contributed by atoms with van der Waals surface area (Å²) in [6, 6.07) is 6.13. The van der Waals surface area contributed by atoms with Crippen LogP contribution in [-0.2, 0) is 7.05 Å². The van der Waals surface area contributed by atoms with Crippen molar-refractivity contribution in [3.8, 4) is 16.9 Å². The van der Waals surface area contributed by atoms with E-state index >= 15 is 0 Å². The van der Waals surface area contributed by atoms with Crippen LogP contribution in [0.5, 0.6) is 5.75 Å². The van der Waals surface area contributed by atoms with Crippen LogP contribution in [0.2, 0.25) is 0 Å². The molecule has 162 valence electrons. The van der Waals surface area contributed by atoms with Crippen LogP contribution in [0.25, 0.3) is 11.1 Å². The number of piperidine rings is 1. The van der Waals surface area contributed by atoms with Crippen molar-refractivity contribution in [2.45, 2.75) is 18.9 Å². The fraction of sp³-hybridized carbons (Fsp3) is 0.545. The Kier molecular flexibility index (Phi) is 5.97. The van der Waals surface area contributed by atoms with Gasteiger partial charge in [0, 0.05) is 93.7 Å². The summed E-state index contributed by atoms with van der Waals surface area (Å²) in [6.07, 6.45) is 6.19. The lowest BCUT2D eigenvalue weighted by atomic mass is 9.98. The van der Waals surface area contributed by atoms with Gasteiger partial charge in [0.1, 0.15) is 0 Å². The predicted molar refractivity (Wildman–Crippen MR) is 118 cm³/mol. The molecule has 0 radical (unpaired) electrons. The number of likely N-dealkylation sites (N-methyl/N-ethyl adjacent to an activating group) is 1. The van der Waals surface area contributed by atoms with Gasteiger partial charge in [-0.15, -0.1) is 0 Å². The van der Waals surface area contributed by atoms with Crippen molar-refractivity contribution in [3.63, 3.8) is 0 Å². The van der Waals surface area contributed by atoms with E-state index in [9.17, 15) is 10.1 Å². The van der Waals surface area contributed by atoms with Gasteiger partial charge in [0.05, 0.1) is 12.0 Å². The van der Waals surface area contributed by atoms with Crippen molar-refractivity contribution < 1.29 is 9.66 Å². The van der Waals surface area contributed by atoms with Crippen LogP contribution in [0.3, 0.4) is 0 Å². The number of hydrogen-bond donors (Lipinski definition) is 0. The van der Waals surface area contributed by atoms with Gasteiger partial charge < -0.3 is 19.1 Å². The Morgan fingerprint density at radius 2 is 1.77 bits per heavy atom. The minimum Gasteiger partial charge on any atom is -0.490 e. The number of nitro groups is 1. The minimum atomic E-state index is -0.366. The number of benzene rings is 1. The lowest BCUT2D eigenvalue weighted by Gasteiger charge is -2.43. The van der Waals surface area contributed by atoms with Crippen molar-refractivity contribution in [2.24, 2.45) is 7.05 Å². The molecule has 2 aliphatic heterocycles. The highest BCUT2D eigenvalue weighted by molar-refractivity contribution is 5.83. The van der Waals surface area contributed by atoms with Gasteiger partial charge in [0.25, 0.3) is 0 Å². The summed E-state index contributed by atoms with van der Waals surface area (Å²) in [4.78, 5) is 18.6. The van der Waals surface area contributed by atoms with E-state index in [4.69, 9.17) is 4.74 Å². The van der Waals surface area contributed by atoms with Gasteiger partial charge in [-0.05, 0) is 26.0 Å². The van der Waals surface area contributed by atoms with Gasteiger partial charge in [0.15, 0.2) is 5.75 Å². The van der Waals surface area contributed by atoms with Gasteiger partial charge in [-0.1, -0.05) is 0 Å². The molecule has 3 heterocycles.